The number of benzene rings is 1. The Kier molecular flexibility index (Phi) is 3.72. The monoisotopic (exact) mass is 263 g/mol. The van der Waals surface area contributed by atoms with E-state index in [0.29, 0.717) is 12.8 Å². The molecule has 2 rings (SSSR count). The zero-order chi connectivity index (χ0) is 13.1. The Bertz CT molecular complexity index is 535. The van der Waals surface area contributed by atoms with Crippen LogP contribution in [0.1, 0.15) is 38.5 Å². The molecule has 0 spiro atoms. The van der Waals surface area contributed by atoms with E-state index in [1.165, 1.54) is 0 Å². The van der Waals surface area contributed by atoms with Crippen LogP contribution < -0.4 is 0 Å². The summed E-state index contributed by atoms with van der Waals surface area (Å²) in [6.45, 7) is 0. The van der Waals surface area contributed by atoms with Crippen molar-refractivity contribution in [2.75, 3.05) is 0 Å². The van der Waals surface area contributed by atoms with Crippen LogP contribution in [0.2, 0.25) is 0 Å². The number of hydrogen-bond acceptors (Lipinski definition) is 3. The fourth-order valence-electron chi connectivity index (χ4n) is 2.57. The predicted octanol–water partition coefficient (Wildman–Crippen LogP) is 3.08. The Labute approximate surface area is 108 Å². The normalized spacial score (nSPS) is 19.7. The standard InChI is InChI=1S/C14H17NO2S/c15-12-14(10-6-1-2-7-11-14)18(16,17)13-8-4-3-5-9-13/h3-5,8-9H,1-2,6-7,10-11H2. The van der Waals surface area contributed by atoms with E-state index in [9.17, 15) is 13.7 Å². The van der Waals surface area contributed by atoms with Crippen molar-refractivity contribution in [1.82, 2.24) is 0 Å². The van der Waals surface area contributed by atoms with Gasteiger partial charge in [0.1, 0.15) is 0 Å². The molecule has 3 nitrogen and oxygen atoms in total. The second-order valence-electron chi connectivity index (χ2n) is 4.84. The minimum Gasteiger partial charge on any atom is -0.222 e. The smallest absolute Gasteiger partial charge is 0.197 e. The molecular formula is C14H17NO2S. The van der Waals surface area contributed by atoms with E-state index in [2.05, 4.69) is 6.07 Å². The highest BCUT2D eigenvalue weighted by molar-refractivity contribution is 7.93. The SMILES string of the molecule is N#CC1(S(=O)(=O)c2ccccc2)CCCCCC1. The van der Waals surface area contributed by atoms with Gasteiger partial charge >= 0.3 is 0 Å². The molecule has 18 heavy (non-hydrogen) atoms. The van der Waals surface area contributed by atoms with Crippen LogP contribution in [0.5, 0.6) is 0 Å². The molecule has 1 aromatic rings. The van der Waals surface area contributed by atoms with Crippen LogP contribution in [0.15, 0.2) is 35.2 Å². The second-order valence-corrected chi connectivity index (χ2v) is 7.10. The number of nitrogens with zero attached hydrogens (tertiary/aromatic N) is 1. The number of sulfone groups is 1. The van der Waals surface area contributed by atoms with Crippen LogP contribution >= 0.6 is 0 Å². The lowest BCUT2D eigenvalue weighted by Crippen LogP contribution is -2.36. The van der Waals surface area contributed by atoms with E-state index in [4.69, 9.17) is 0 Å². The van der Waals surface area contributed by atoms with Crippen LogP contribution in [-0.2, 0) is 9.84 Å². The van der Waals surface area contributed by atoms with E-state index in [1.807, 2.05) is 0 Å². The first-order valence-electron chi connectivity index (χ1n) is 6.33. The number of nitriles is 1. The van der Waals surface area contributed by atoms with E-state index in [-0.39, 0.29) is 4.90 Å². The molecule has 1 aliphatic carbocycles. The Morgan fingerprint density at radius 2 is 1.56 bits per heavy atom. The summed E-state index contributed by atoms with van der Waals surface area (Å²) in [6, 6.07) is 10.5. The maximum atomic E-state index is 12.7. The molecule has 0 unspecified atom stereocenters. The first-order chi connectivity index (χ1) is 8.62. The van der Waals surface area contributed by atoms with Gasteiger partial charge in [0.2, 0.25) is 0 Å². The molecule has 1 fully saturated rings. The van der Waals surface area contributed by atoms with Crippen LogP contribution in [0, 0.1) is 11.3 Å². The maximum absolute atomic E-state index is 12.7. The molecule has 0 N–H and O–H groups in total. The third-order valence-electron chi connectivity index (χ3n) is 3.68. The third-order valence-corrected chi connectivity index (χ3v) is 6.10. The second kappa shape index (κ2) is 5.11. The summed E-state index contributed by atoms with van der Waals surface area (Å²) in [5.74, 6) is 0. The molecule has 1 aromatic carbocycles. The van der Waals surface area contributed by atoms with Gasteiger partial charge in [0, 0.05) is 0 Å². The lowest BCUT2D eigenvalue weighted by atomic mass is 10.0. The molecule has 0 aliphatic heterocycles. The van der Waals surface area contributed by atoms with E-state index >= 15 is 0 Å². The van der Waals surface area contributed by atoms with Crippen LogP contribution in [0.25, 0.3) is 0 Å². The lowest BCUT2D eigenvalue weighted by Gasteiger charge is -2.24. The highest BCUT2D eigenvalue weighted by Crippen LogP contribution is 2.37. The van der Waals surface area contributed by atoms with Gasteiger partial charge < -0.3 is 0 Å². The summed E-state index contributed by atoms with van der Waals surface area (Å²) < 4.78 is 24.1. The zero-order valence-electron chi connectivity index (χ0n) is 10.3. The van der Waals surface area contributed by atoms with Gasteiger partial charge in [0.05, 0.1) is 11.0 Å². The molecule has 96 valence electrons. The lowest BCUT2D eigenvalue weighted by molar-refractivity contribution is 0.523. The highest BCUT2D eigenvalue weighted by atomic mass is 32.2. The fraction of sp³-hybridized carbons (Fsp3) is 0.500. The van der Waals surface area contributed by atoms with E-state index in [1.54, 1.807) is 30.3 Å². The van der Waals surface area contributed by atoms with Crippen molar-refractivity contribution >= 4 is 9.84 Å². The number of rotatable bonds is 2. The van der Waals surface area contributed by atoms with Crippen LogP contribution in [-0.4, -0.2) is 13.2 Å². The van der Waals surface area contributed by atoms with Crippen molar-refractivity contribution in [3.05, 3.63) is 30.3 Å². The third kappa shape index (κ3) is 2.15. The van der Waals surface area contributed by atoms with Crippen LogP contribution in [0.3, 0.4) is 0 Å². The summed E-state index contributed by atoms with van der Waals surface area (Å²) in [5.41, 5.74) is 0. The van der Waals surface area contributed by atoms with Gasteiger partial charge in [-0.25, -0.2) is 8.42 Å². The van der Waals surface area contributed by atoms with Crippen molar-refractivity contribution in [1.29, 1.82) is 5.26 Å². The first-order valence-corrected chi connectivity index (χ1v) is 7.82. The average Bonchev–Trinajstić information content (AvgIpc) is 2.66. The maximum Gasteiger partial charge on any atom is 0.197 e. The van der Waals surface area contributed by atoms with E-state index in [0.717, 1.165) is 25.7 Å². The molecule has 0 heterocycles. The summed E-state index contributed by atoms with van der Waals surface area (Å²) in [5, 5.41) is 9.43. The van der Waals surface area contributed by atoms with E-state index < -0.39 is 14.6 Å². The zero-order valence-corrected chi connectivity index (χ0v) is 11.1. The molecule has 0 bridgehead atoms. The summed E-state index contributed by atoms with van der Waals surface area (Å²) >= 11 is 0. The topological polar surface area (TPSA) is 57.9 Å². The largest absolute Gasteiger partial charge is 0.222 e. The molecule has 0 aromatic heterocycles. The summed E-state index contributed by atoms with van der Waals surface area (Å²) in [7, 11) is -3.56. The van der Waals surface area contributed by atoms with Crippen molar-refractivity contribution < 1.29 is 8.42 Å². The molecule has 4 heteroatoms. The van der Waals surface area contributed by atoms with Gasteiger partial charge in [-0.3, -0.25) is 0 Å². The summed E-state index contributed by atoms with van der Waals surface area (Å²) in [6.07, 6.45) is 4.60. The van der Waals surface area contributed by atoms with Crippen molar-refractivity contribution in [2.24, 2.45) is 0 Å². The molecule has 0 amide bonds. The Balaban J connectivity index is 2.47. The molecule has 0 atom stereocenters. The molecule has 1 saturated carbocycles. The predicted molar refractivity (Wildman–Crippen MR) is 69.7 cm³/mol. The van der Waals surface area contributed by atoms with Gasteiger partial charge in [-0.2, -0.15) is 5.26 Å². The molecule has 0 radical (unpaired) electrons. The first kappa shape index (κ1) is 13.1. The fourth-order valence-corrected chi connectivity index (χ4v) is 4.48. The minimum atomic E-state index is -3.56. The average molecular weight is 263 g/mol. The highest BCUT2D eigenvalue weighted by Gasteiger charge is 2.44. The van der Waals surface area contributed by atoms with Gasteiger partial charge in [0.25, 0.3) is 0 Å². The van der Waals surface area contributed by atoms with Gasteiger partial charge in [-0.05, 0) is 25.0 Å². The molecular weight excluding hydrogens is 246 g/mol. The Hall–Kier alpha value is -1.34. The summed E-state index contributed by atoms with van der Waals surface area (Å²) in [4.78, 5) is 0.272. The minimum absolute atomic E-state index is 0.272. The molecule has 1 aliphatic rings. The Morgan fingerprint density at radius 3 is 2.06 bits per heavy atom. The quantitative estimate of drug-likeness (QED) is 0.770. The van der Waals surface area contributed by atoms with Gasteiger partial charge in [-0.1, -0.05) is 43.9 Å². The van der Waals surface area contributed by atoms with Crippen molar-refractivity contribution in [2.45, 2.75) is 48.2 Å². The van der Waals surface area contributed by atoms with Crippen molar-refractivity contribution in [3.63, 3.8) is 0 Å². The van der Waals surface area contributed by atoms with Crippen LogP contribution in [0.4, 0.5) is 0 Å². The van der Waals surface area contributed by atoms with Gasteiger partial charge in [-0.15, -0.1) is 0 Å². The molecule has 0 saturated heterocycles. The van der Waals surface area contributed by atoms with Gasteiger partial charge in [0.15, 0.2) is 14.6 Å². The Morgan fingerprint density at radius 1 is 1.00 bits per heavy atom. The van der Waals surface area contributed by atoms with Crippen molar-refractivity contribution in [3.8, 4) is 6.07 Å². The number of hydrogen-bond donors (Lipinski definition) is 0.